The van der Waals surface area contributed by atoms with E-state index in [-0.39, 0.29) is 18.0 Å². The van der Waals surface area contributed by atoms with Crippen molar-refractivity contribution in [3.05, 3.63) is 53.1 Å². The molecule has 2 aromatic carbocycles. The number of rotatable bonds is 7. The molecule has 0 radical (unpaired) electrons. The summed E-state index contributed by atoms with van der Waals surface area (Å²) in [7, 11) is 10.3. The number of urea groups is 1. The summed E-state index contributed by atoms with van der Waals surface area (Å²) in [5.74, 6) is 1.21. The molecule has 0 aromatic heterocycles. The number of carbonyl (C=O) groups excluding carboxylic acids is 2. The second-order valence-electron chi connectivity index (χ2n) is 8.72. The Labute approximate surface area is 207 Å². The minimum Gasteiger partial charge on any atom is -0.493 e. The van der Waals surface area contributed by atoms with Gasteiger partial charge in [0.05, 0.1) is 32.5 Å². The van der Waals surface area contributed by atoms with Gasteiger partial charge in [-0.25, -0.2) is 9.80 Å². The molecule has 1 heterocycles. The minimum absolute atomic E-state index is 0.00619. The van der Waals surface area contributed by atoms with Gasteiger partial charge in [0.1, 0.15) is 0 Å². The molecule has 35 heavy (non-hydrogen) atoms. The maximum absolute atomic E-state index is 12.8. The van der Waals surface area contributed by atoms with Crippen molar-refractivity contribution in [1.29, 1.82) is 0 Å². The molecular weight excluding hydrogens is 446 g/mol. The first-order valence-electron chi connectivity index (χ1n) is 11.6. The number of hydrazone groups is 1. The van der Waals surface area contributed by atoms with Gasteiger partial charge in [-0.15, -0.1) is 0 Å². The van der Waals surface area contributed by atoms with Crippen LogP contribution < -0.4 is 19.7 Å². The summed E-state index contributed by atoms with van der Waals surface area (Å²) in [6.45, 7) is 2.36. The van der Waals surface area contributed by atoms with Gasteiger partial charge in [0.25, 0.3) is 0 Å². The SMILES string of the molecule is CCC1Cc2cc(OC)c(OC)cc2C(c2ccc(N(C)C(=O)CN(C)C)cc2)=NN1C(=O)NC. The van der Waals surface area contributed by atoms with Crippen molar-refractivity contribution in [2.45, 2.75) is 25.8 Å². The first-order chi connectivity index (χ1) is 16.7. The first kappa shape index (κ1) is 26.0. The van der Waals surface area contributed by atoms with Crippen LogP contribution in [-0.2, 0) is 11.2 Å². The number of carbonyl (C=O) groups is 2. The van der Waals surface area contributed by atoms with E-state index in [2.05, 4.69) is 5.32 Å². The summed E-state index contributed by atoms with van der Waals surface area (Å²) in [6.07, 6.45) is 1.35. The molecule has 9 nitrogen and oxygen atoms in total. The fourth-order valence-corrected chi connectivity index (χ4v) is 4.11. The van der Waals surface area contributed by atoms with Crippen molar-refractivity contribution in [2.24, 2.45) is 5.10 Å². The Hall–Kier alpha value is -3.59. The summed E-state index contributed by atoms with van der Waals surface area (Å²) in [5.41, 5.74) is 4.13. The Morgan fingerprint density at radius 1 is 1.09 bits per heavy atom. The number of fused-ring (bicyclic) bond motifs is 1. The number of likely N-dealkylation sites (N-methyl/N-ethyl adjacent to an activating group) is 2. The van der Waals surface area contributed by atoms with Gasteiger partial charge in [-0.3, -0.25) is 4.79 Å². The average molecular weight is 482 g/mol. The quantitative estimate of drug-likeness (QED) is 0.657. The highest BCUT2D eigenvalue weighted by Gasteiger charge is 2.30. The lowest BCUT2D eigenvalue weighted by atomic mass is 9.93. The Balaban J connectivity index is 2.12. The minimum atomic E-state index is -0.272. The first-order valence-corrected chi connectivity index (χ1v) is 11.6. The Kier molecular flexibility index (Phi) is 8.34. The highest BCUT2D eigenvalue weighted by molar-refractivity contribution is 6.14. The average Bonchev–Trinajstić information content (AvgIpc) is 3.02. The van der Waals surface area contributed by atoms with Gasteiger partial charge in [0, 0.05) is 30.9 Å². The van der Waals surface area contributed by atoms with E-state index in [9.17, 15) is 9.59 Å². The normalized spacial score (nSPS) is 15.1. The topological polar surface area (TPSA) is 86.7 Å². The molecule has 1 N–H and O–H groups in total. The monoisotopic (exact) mass is 481 g/mol. The molecule has 1 unspecified atom stereocenters. The predicted octanol–water partition coefficient (Wildman–Crippen LogP) is 2.96. The Morgan fingerprint density at radius 2 is 1.71 bits per heavy atom. The lowest BCUT2D eigenvalue weighted by molar-refractivity contribution is -0.118. The van der Waals surface area contributed by atoms with E-state index in [1.807, 2.05) is 62.3 Å². The molecule has 1 atom stereocenters. The second kappa shape index (κ2) is 11.2. The van der Waals surface area contributed by atoms with Crippen LogP contribution in [0.5, 0.6) is 11.5 Å². The highest BCUT2D eigenvalue weighted by atomic mass is 16.5. The highest BCUT2D eigenvalue weighted by Crippen LogP contribution is 2.35. The fourth-order valence-electron chi connectivity index (χ4n) is 4.11. The van der Waals surface area contributed by atoms with Gasteiger partial charge in [0.2, 0.25) is 5.91 Å². The third-order valence-electron chi connectivity index (χ3n) is 6.12. The number of nitrogens with zero attached hydrogens (tertiary/aromatic N) is 4. The molecule has 0 saturated carbocycles. The van der Waals surface area contributed by atoms with Gasteiger partial charge in [-0.05, 0) is 56.8 Å². The molecule has 0 aliphatic carbocycles. The summed E-state index contributed by atoms with van der Waals surface area (Å²) in [6, 6.07) is 11.1. The number of hydrogen-bond acceptors (Lipinski definition) is 6. The third kappa shape index (κ3) is 5.57. The Morgan fingerprint density at radius 3 is 2.26 bits per heavy atom. The summed E-state index contributed by atoms with van der Waals surface area (Å²) < 4.78 is 11.1. The van der Waals surface area contributed by atoms with Gasteiger partial charge in [-0.1, -0.05) is 19.1 Å². The molecular formula is C26H35N5O4. The van der Waals surface area contributed by atoms with E-state index in [0.717, 1.165) is 28.8 Å². The van der Waals surface area contributed by atoms with E-state index in [4.69, 9.17) is 14.6 Å². The number of ether oxygens (including phenoxy) is 2. The molecule has 188 valence electrons. The zero-order chi connectivity index (χ0) is 25.7. The molecule has 0 spiro atoms. The molecule has 9 heteroatoms. The number of nitrogens with one attached hydrogen (secondary N) is 1. The molecule has 3 amide bonds. The number of amides is 3. The Bertz CT molecular complexity index is 1100. The zero-order valence-electron chi connectivity index (χ0n) is 21.6. The van der Waals surface area contributed by atoms with Crippen molar-refractivity contribution >= 4 is 23.3 Å². The smallest absolute Gasteiger partial charge is 0.337 e. The van der Waals surface area contributed by atoms with Crippen LogP contribution in [0.2, 0.25) is 0 Å². The molecule has 1 aliphatic heterocycles. The number of hydrogen-bond donors (Lipinski definition) is 1. The molecule has 0 saturated heterocycles. The number of benzene rings is 2. The predicted molar refractivity (Wildman–Crippen MR) is 138 cm³/mol. The van der Waals surface area contributed by atoms with E-state index in [1.54, 1.807) is 33.2 Å². The summed E-state index contributed by atoms with van der Waals surface area (Å²) in [5, 5.41) is 9.07. The number of anilines is 1. The van der Waals surface area contributed by atoms with Gasteiger partial charge in [0.15, 0.2) is 11.5 Å². The van der Waals surface area contributed by atoms with Crippen molar-refractivity contribution in [3.8, 4) is 11.5 Å². The molecule has 0 bridgehead atoms. The summed E-state index contributed by atoms with van der Waals surface area (Å²) in [4.78, 5) is 28.7. The van der Waals surface area contributed by atoms with Crippen LogP contribution >= 0.6 is 0 Å². The van der Waals surface area contributed by atoms with E-state index < -0.39 is 0 Å². The van der Waals surface area contributed by atoms with Crippen molar-refractivity contribution < 1.29 is 19.1 Å². The van der Waals surface area contributed by atoms with Crippen LogP contribution in [0.25, 0.3) is 0 Å². The molecule has 2 aromatic rings. The molecule has 3 rings (SSSR count). The second-order valence-corrected chi connectivity index (χ2v) is 8.72. The van der Waals surface area contributed by atoms with Crippen LogP contribution in [0.1, 0.15) is 30.0 Å². The maximum atomic E-state index is 12.8. The van der Waals surface area contributed by atoms with Crippen molar-refractivity contribution in [1.82, 2.24) is 15.2 Å². The number of methoxy groups -OCH3 is 2. The van der Waals surface area contributed by atoms with Crippen molar-refractivity contribution in [3.63, 3.8) is 0 Å². The lowest BCUT2D eigenvalue weighted by Gasteiger charge is -2.25. The van der Waals surface area contributed by atoms with Gasteiger partial charge in [-0.2, -0.15) is 5.10 Å². The van der Waals surface area contributed by atoms with Crippen LogP contribution in [-0.4, -0.2) is 82.6 Å². The van der Waals surface area contributed by atoms with Crippen LogP contribution in [0.4, 0.5) is 10.5 Å². The maximum Gasteiger partial charge on any atom is 0.337 e. The van der Waals surface area contributed by atoms with E-state index in [1.165, 1.54) is 5.01 Å². The van der Waals surface area contributed by atoms with Crippen molar-refractivity contribution in [2.75, 3.05) is 53.9 Å². The van der Waals surface area contributed by atoms with E-state index >= 15 is 0 Å². The van der Waals surface area contributed by atoms with Crippen LogP contribution in [0.15, 0.2) is 41.5 Å². The standard InChI is InChI=1S/C26H35N5O4/c1-8-19-13-18-14-22(34-6)23(35-7)15-21(18)25(28-31(19)26(33)27-2)17-9-11-20(12-10-17)30(5)24(32)16-29(3)4/h9-12,14-15,19H,8,13,16H2,1-7H3,(H,27,33). The molecule has 0 fully saturated rings. The lowest BCUT2D eigenvalue weighted by Crippen LogP contribution is -2.42. The largest absolute Gasteiger partial charge is 0.493 e. The van der Waals surface area contributed by atoms with Gasteiger partial charge < -0.3 is 24.6 Å². The van der Waals surface area contributed by atoms with Gasteiger partial charge >= 0.3 is 6.03 Å². The van der Waals surface area contributed by atoms with Crippen LogP contribution in [0.3, 0.4) is 0 Å². The molecule has 1 aliphatic rings. The van der Waals surface area contributed by atoms with E-state index in [0.29, 0.717) is 30.2 Å². The zero-order valence-corrected chi connectivity index (χ0v) is 21.6. The van der Waals surface area contributed by atoms with Crippen LogP contribution in [0, 0.1) is 0 Å². The third-order valence-corrected chi connectivity index (χ3v) is 6.12. The fraction of sp³-hybridized carbons (Fsp3) is 0.423. The summed E-state index contributed by atoms with van der Waals surface area (Å²) >= 11 is 0.